The van der Waals surface area contributed by atoms with Crippen LogP contribution < -0.4 is 10.6 Å². The highest BCUT2D eigenvalue weighted by Crippen LogP contribution is 2.27. The summed E-state index contributed by atoms with van der Waals surface area (Å²) in [6.07, 6.45) is 2.67. The number of rotatable bonds is 5. The first-order chi connectivity index (χ1) is 10.0. The lowest BCUT2D eigenvalue weighted by molar-refractivity contribution is -0.126. The second-order valence-corrected chi connectivity index (χ2v) is 6.00. The lowest BCUT2D eigenvalue weighted by Crippen LogP contribution is -2.43. The molecule has 21 heavy (non-hydrogen) atoms. The summed E-state index contributed by atoms with van der Waals surface area (Å²) in [7, 11) is 0. The molecular weight excluding hydrogens is 311 g/mol. The van der Waals surface area contributed by atoms with Crippen molar-refractivity contribution in [1.29, 1.82) is 0 Å². The molecule has 6 heteroatoms. The maximum Gasteiger partial charge on any atom is 0.243 e. The summed E-state index contributed by atoms with van der Waals surface area (Å²) in [6.45, 7) is 2.05. The monoisotopic (exact) mass is 328 g/mol. The minimum atomic E-state index is -0.431. The van der Waals surface area contributed by atoms with Crippen molar-refractivity contribution in [2.75, 3.05) is 0 Å². The topological polar surface area (TPSA) is 58.2 Å². The normalized spacial score (nSPS) is 19.2. The van der Waals surface area contributed by atoms with E-state index in [2.05, 4.69) is 10.6 Å². The van der Waals surface area contributed by atoms with Gasteiger partial charge >= 0.3 is 0 Å². The highest BCUT2D eigenvalue weighted by Gasteiger charge is 2.28. The fourth-order valence-electron chi connectivity index (χ4n) is 2.42. The lowest BCUT2D eigenvalue weighted by atomic mass is 10.0. The van der Waals surface area contributed by atoms with Crippen molar-refractivity contribution in [2.24, 2.45) is 0 Å². The lowest BCUT2D eigenvalue weighted by Gasteiger charge is -2.21. The van der Waals surface area contributed by atoms with E-state index in [0.29, 0.717) is 22.9 Å². The van der Waals surface area contributed by atoms with E-state index in [0.717, 1.165) is 18.4 Å². The van der Waals surface area contributed by atoms with Crippen LogP contribution in [-0.4, -0.2) is 17.9 Å². The minimum absolute atomic E-state index is 0.0725. The molecule has 0 aliphatic carbocycles. The molecular formula is C15H18Cl2N2O2. The van der Waals surface area contributed by atoms with Crippen molar-refractivity contribution in [2.45, 2.75) is 44.7 Å². The van der Waals surface area contributed by atoms with Crippen molar-refractivity contribution < 1.29 is 9.59 Å². The molecule has 1 saturated heterocycles. The average Bonchev–Trinajstić information content (AvgIpc) is 2.88. The van der Waals surface area contributed by atoms with Crippen molar-refractivity contribution in [1.82, 2.24) is 10.6 Å². The van der Waals surface area contributed by atoms with Crippen LogP contribution in [-0.2, 0) is 9.59 Å². The first-order valence-corrected chi connectivity index (χ1v) is 7.81. The molecule has 114 valence electrons. The summed E-state index contributed by atoms with van der Waals surface area (Å²) < 4.78 is 0. The molecule has 4 nitrogen and oxygen atoms in total. The third-order valence-corrected chi connectivity index (χ3v) is 4.29. The SMILES string of the molecule is CCC[C@@H](NC(=O)[C@H]1CCC(=O)N1)c1ccc(Cl)c(Cl)c1. The van der Waals surface area contributed by atoms with Crippen molar-refractivity contribution in [3.63, 3.8) is 0 Å². The first kappa shape index (κ1) is 16.1. The van der Waals surface area contributed by atoms with Gasteiger partial charge in [-0.1, -0.05) is 42.6 Å². The Balaban J connectivity index is 2.09. The van der Waals surface area contributed by atoms with Gasteiger partial charge in [-0.25, -0.2) is 0 Å². The van der Waals surface area contributed by atoms with Gasteiger partial charge in [0.25, 0.3) is 0 Å². The van der Waals surface area contributed by atoms with Crippen molar-refractivity contribution in [3.8, 4) is 0 Å². The third-order valence-electron chi connectivity index (χ3n) is 3.55. The summed E-state index contributed by atoms with van der Waals surface area (Å²) in [4.78, 5) is 23.4. The van der Waals surface area contributed by atoms with Crippen LogP contribution >= 0.6 is 23.2 Å². The number of hydrogen-bond acceptors (Lipinski definition) is 2. The average molecular weight is 329 g/mol. The van der Waals surface area contributed by atoms with Gasteiger partial charge in [0.2, 0.25) is 11.8 Å². The summed E-state index contributed by atoms with van der Waals surface area (Å²) >= 11 is 12.0. The molecule has 0 radical (unpaired) electrons. The second-order valence-electron chi connectivity index (χ2n) is 5.18. The molecule has 0 saturated carbocycles. The maximum atomic E-state index is 12.2. The zero-order chi connectivity index (χ0) is 15.4. The highest BCUT2D eigenvalue weighted by atomic mass is 35.5. The Labute approximate surface area is 134 Å². The molecule has 1 aromatic rings. The van der Waals surface area contributed by atoms with Crippen LogP contribution in [0.25, 0.3) is 0 Å². The van der Waals surface area contributed by atoms with Crippen LogP contribution in [0.5, 0.6) is 0 Å². The quantitative estimate of drug-likeness (QED) is 0.871. The van der Waals surface area contributed by atoms with Crippen LogP contribution in [0.3, 0.4) is 0 Å². The van der Waals surface area contributed by atoms with Gasteiger partial charge in [0.1, 0.15) is 6.04 Å². The molecule has 1 heterocycles. The Hall–Kier alpha value is -1.26. The van der Waals surface area contributed by atoms with Crippen molar-refractivity contribution >= 4 is 35.0 Å². The van der Waals surface area contributed by atoms with Gasteiger partial charge in [-0.05, 0) is 30.5 Å². The van der Waals surface area contributed by atoms with Gasteiger partial charge in [-0.3, -0.25) is 9.59 Å². The summed E-state index contributed by atoms with van der Waals surface area (Å²) in [5, 5.41) is 6.62. The smallest absolute Gasteiger partial charge is 0.243 e. The minimum Gasteiger partial charge on any atom is -0.348 e. The van der Waals surface area contributed by atoms with Gasteiger partial charge in [0.05, 0.1) is 16.1 Å². The van der Waals surface area contributed by atoms with Gasteiger partial charge in [0, 0.05) is 6.42 Å². The predicted octanol–water partition coefficient (Wildman–Crippen LogP) is 3.23. The fourth-order valence-corrected chi connectivity index (χ4v) is 2.73. The Morgan fingerprint density at radius 2 is 2.19 bits per heavy atom. The number of hydrogen-bond donors (Lipinski definition) is 2. The van der Waals surface area contributed by atoms with E-state index in [1.54, 1.807) is 12.1 Å². The summed E-state index contributed by atoms with van der Waals surface area (Å²) in [5.74, 6) is -0.220. The molecule has 1 aromatic carbocycles. The van der Waals surface area contributed by atoms with Crippen LogP contribution in [0.15, 0.2) is 18.2 Å². The van der Waals surface area contributed by atoms with Crippen LogP contribution in [0.4, 0.5) is 0 Å². The first-order valence-electron chi connectivity index (χ1n) is 7.06. The second kappa shape index (κ2) is 7.14. The fraction of sp³-hybridized carbons (Fsp3) is 0.467. The van der Waals surface area contributed by atoms with E-state index >= 15 is 0 Å². The zero-order valence-corrected chi connectivity index (χ0v) is 13.3. The number of nitrogens with one attached hydrogen (secondary N) is 2. The zero-order valence-electron chi connectivity index (χ0n) is 11.8. The number of halogens is 2. The van der Waals surface area contributed by atoms with Gasteiger partial charge in [-0.2, -0.15) is 0 Å². The number of carbonyl (C=O) groups is 2. The summed E-state index contributed by atoms with van der Waals surface area (Å²) in [5.41, 5.74) is 0.920. The van der Waals surface area contributed by atoms with E-state index in [4.69, 9.17) is 23.2 Å². The molecule has 2 atom stereocenters. The Morgan fingerprint density at radius 1 is 1.43 bits per heavy atom. The van der Waals surface area contributed by atoms with Gasteiger partial charge < -0.3 is 10.6 Å². The molecule has 2 amide bonds. The Bertz CT molecular complexity index is 548. The molecule has 0 spiro atoms. The highest BCUT2D eigenvalue weighted by molar-refractivity contribution is 6.42. The standard InChI is InChI=1S/C15H18Cl2N2O2/c1-2-3-12(9-4-5-10(16)11(17)8-9)19-15(21)13-6-7-14(20)18-13/h4-5,8,12-13H,2-3,6-7H2,1H3,(H,18,20)(H,19,21)/t12-,13-/m1/s1. The van der Waals surface area contributed by atoms with E-state index in [1.165, 1.54) is 0 Å². The predicted molar refractivity (Wildman–Crippen MR) is 83.4 cm³/mol. The van der Waals surface area contributed by atoms with E-state index in [1.807, 2.05) is 13.0 Å². The van der Waals surface area contributed by atoms with Crippen LogP contribution in [0.2, 0.25) is 10.0 Å². The largest absolute Gasteiger partial charge is 0.348 e. The third kappa shape index (κ3) is 4.11. The van der Waals surface area contributed by atoms with Crippen LogP contribution in [0, 0.1) is 0 Å². The van der Waals surface area contributed by atoms with E-state index < -0.39 is 6.04 Å². The molecule has 2 rings (SSSR count). The molecule has 1 aliphatic heterocycles. The van der Waals surface area contributed by atoms with Gasteiger partial charge in [0.15, 0.2) is 0 Å². The molecule has 0 bridgehead atoms. The van der Waals surface area contributed by atoms with E-state index in [9.17, 15) is 9.59 Å². The molecule has 1 fully saturated rings. The van der Waals surface area contributed by atoms with E-state index in [-0.39, 0.29) is 17.9 Å². The Kier molecular flexibility index (Phi) is 5.48. The molecule has 1 aliphatic rings. The molecule has 2 N–H and O–H groups in total. The number of amides is 2. The Morgan fingerprint density at radius 3 is 2.76 bits per heavy atom. The summed E-state index contributed by atoms with van der Waals surface area (Å²) in [6, 6.07) is 4.81. The number of benzene rings is 1. The van der Waals surface area contributed by atoms with Crippen molar-refractivity contribution in [3.05, 3.63) is 33.8 Å². The maximum absolute atomic E-state index is 12.2. The van der Waals surface area contributed by atoms with Gasteiger partial charge in [-0.15, -0.1) is 0 Å². The van der Waals surface area contributed by atoms with Crippen LogP contribution in [0.1, 0.15) is 44.2 Å². The molecule has 0 unspecified atom stereocenters. The molecule has 0 aromatic heterocycles. The number of carbonyl (C=O) groups excluding carboxylic acids is 2.